The number of nitrogens with one attached hydrogen (secondary N) is 1. The predicted molar refractivity (Wildman–Crippen MR) is 93.6 cm³/mol. The molecule has 0 radical (unpaired) electrons. The van der Waals surface area contributed by atoms with Crippen LogP contribution >= 0.6 is 0 Å². The second-order valence-electron chi connectivity index (χ2n) is 6.74. The number of ether oxygens (including phenoxy) is 1. The van der Waals surface area contributed by atoms with Crippen LogP contribution in [0.3, 0.4) is 0 Å². The average Bonchev–Trinajstić information content (AvgIpc) is 3.28. The Hall–Kier alpha value is -2.20. The molecule has 2 heterocycles. The normalized spacial score (nSPS) is 23.8. The molecule has 0 bridgehead atoms. The monoisotopic (exact) mass is 322 g/mol. The lowest BCUT2D eigenvalue weighted by Crippen LogP contribution is -2.43. The second kappa shape index (κ2) is 6.73. The van der Waals surface area contributed by atoms with E-state index in [9.17, 15) is 4.79 Å². The molecule has 2 aromatic rings. The number of para-hydroxylation sites is 1. The zero-order valence-electron chi connectivity index (χ0n) is 13.7. The van der Waals surface area contributed by atoms with Gasteiger partial charge in [-0.3, -0.25) is 9.78 Å². The zero-order valence-corrected chi connectivity index (χ0v) is 13.7. The third-order valence-electron chi connectivity index (χ3n) is 5.13. The van der Waals surface area contributed by atoms with Crippen LogP contribution in [0, 0.1) is 11.8 Å². The van der Waals surface area contributed by atoms with E-state index in [4.69, 9.17) is 4.74 Å². The maximum absolute atomic E-state index is 12.4. The summed E-state index contributed by atoms with van der Waals surface area (Å²) >= 11 is 0. The lowest BCUT2D eigenvalue weighted by Gasteiger charge is -2.21. The van der Waals surface area contributed by atoms with Gasteiger partial charge in [-0.25, -0.2) is 0 Å². The fourth-order valence-electron chi connectivity index (χ4n) is 3.71. The lowest BCUT2D eigenvalue weighted by molar-refractivity contribution is -0.125. The van der Waals surface area contributed by atoms with Gasteiger partial charge in [0.05, 0.1) is 24.8 Å². The molecule has 1 saturated heterocycles. The third kappa shape index (κ3) is 3.06. The molecule has 1 fully saturated rings. The Labute approximate surface area is 141 Å². The van der Waals surface area contributed by atoms with Crippen LogP contribution in [0.15, 0.2) is 48.7 Å². The van der Waals surface area contributed by atoms with E-state index in [0.29, 0.717) is 19.1 Å². The molecule has 124 valence electrons. The van der Waals surface area contributed by atoms with Crippen molar-refractivity contribution in [2.75, 3.05) is 13.2 Å². The standard InChI is InChI=1S/C20H22N2O2/c23-20(14-5-1-2-6-14)22-19-13-24-12-16(19)11-15-9-10-21-18-8-4-3-7-17(15)18/h1-4,7-10,14,16,19H,5-6,11-13H2,(H,22,23). The van der Waals surface area contributed by atoms with Crippen molar-refractivity contribution in [3.63, 3.8) is 0 Å². The molecule has 1 aromatic heterocycles. The molecule has 0 saturated carbocycles. The molecule has 2 atom stereocenters. The molecule has 0 spiro atoms. The summed E-state index contributed by atoms with van der Waals surface area (Å²) in [6.07, 6.45) is 8.67. The molecular formula is C20H22N2O2. The highest BCUT2D eigenvalue weighted by molar-refractivity contribution is 5.82. The minimum atomic E-state index is 0.102. The van der Waals surface area contributed by atoms with E-state index in [1.54, 1.807) is 0 Å². The summed E-state index contributed by atoms with van der Waals surface area (Å²) in [4.78, 5) is 16.8. The first-order chi connectivity index (χ1) is 11.8. The number of allylic oxidation sites excluding steroid dienone is 2. The van der Waals surface area contributed by atoms with Gasteiger partial charge in [0, 0.05) is 23.4 Å². The van der Waals surface area contributed by atoms with E-state index in [-0.39, 0.29) is 17.9 Å². The second-order valence-corrected chi connectivity index (χ2v) is 6.74. The molecule has 2 aliphatic rings. The van der Waals surface area contributed by atoms with E-state index < -0.39 is 0 Å². The zero-order chi connectivity index (χ0) is 16.4. The summed E-state index contributed by atoms with van der Waals surface area (Å²) in [6, 6.07) is 10.4. The van der Waals surface area contributed by atoms with Crippen molar-refractivity contribution in [1.82, 2.24) is 10.3 Å². The smallest absolute Gasteiger partial charge is 0.224 e. The predicted octanol–water partition coefficient (Wildman–Crippen LogP) is 2.87. The minimum Gasteiger partial charge on any atom is -0.379 e. The number of hydrogen-bond acceptors (Lipinski definition) is 3. The van der Waals surface area contributed by atoms with Crippen molar-refractivity contribution in [3.8, 4) is 0 Å². The number of rotatable bonds is 4. The molecule has 1 aliphatic carbocycles. The van der Waals surface area contributed by atoms with Gasteiger partial charge in [-0.2, -0.15) is 0 Å². The van der Waals surface area contributed by atoms with Crippen molar-refractivity contribution in [3.05, 3.63) is 54.2 Å². The number of pyridine rings is 1. The highest BCUT2D eigenvalue weighted by Crippen LogP contribution is 2.25. The van der Waals surface area contributed by atoms with Crippen LogP contribution in [0.4, 0.5) is 0 Å². The number of hydrogen-bond donors (Lipinski definition) is 1. The highest BCUT2D eigenvalue weighted by atomic mass is 16.5. The molecule has 4 rings (SSSR count). The summed E-state index contributed by atoms with van der Waals surface area (Å²) in [5, 5.41) is 4.41. The van der Waals surface area contributed by atoms with Crippen LogP contribution in [-0.4, -0.2) is 30.1 Å². The van der Waals surface area contributed by atoms with Crippen molar-refractivity contribution < 1.29 is 9.53 Å². The Morgan fingerprint density at radius 3 is 2.88 bits per heavy atom. The molecule has 1 aromatic carbocycles. The van der Waals surface area contributed by atoms with Crippen molar-refractivity contribution in [1.29, 1.82) is 0 Å². The van der Waals surface area contributed by atoms with Gasteiger partial charge in [0.15, 0.2) is 0 Å². The van der Waals surface area contributed by atoms with Crippen LogP contribution in [0.2, 0.25) is 0 Å². The van der Waals surface area contributed by atoms with Crippen molar-refractivity contribution in [2.45, 2.75) is 25.3 Å². The largest absolute Gasteiger partial charge is 0.379 e. The van der Waals surface area contributed by atoms with Crippen LogP contribution in [-0.2, 0) is 16.0 Å². The Balaban J connectivity index is 1.47. The fraction of sp³-hybridized carbons (Fsp3) is 0.400. The molecule has 1 N–H and O–H groups in total. The van der Waals surface area contributed by atoms with Crippen LogP contribution < -0.4 is 5.32 Å². The molecule has 4 nitrogen and oxygen atoms in total. The van der Waals surface area contributed by atoms with E-state index in [1.165, 1.54) is 10.9 Å². The average molecular weight is 322 g/mol. The first-order valence-electron chi connectivity index (χ1n) is 8.67. The maximum Gasteiger partial charge on any atom is 0.224 e. The van der Waals surface area contributed by atoms with E-state index in [0.717, 1.165) is 24.8 Å². The maximum atomic E-state index is 12.4. The van der Waals surface area contributed by atoms with Gasteiger partial charge < -0.3 is 10.1 Å². The van der Waals surface area contributed by atoms with E-state index in [1.807, 2.05) is 24.4 Å². The Kier molecular flexibility index (Phi) is 4.30. The highest BCUT2D eigenvalue weighted by Gasteiger charge is 2.32. The van der Waals surface area contributed by atoms with Crippen molar-refractivity contribution >= 4 is 16.8 Å². The van der Waals surface area contributed by atoms with Gasteiger partial charge in [-0.1, -0.05) is 30.4 Å². The Bertz CT molecular complexity index is 758. The fourth-order valence-corrected chi connectivity index (χ4v) is 3.71. The summed E-state index contributed by atoms with van der Waals surface area (Å²) in [5.41, 5.74) is 2.30. The van der Waals surface area contributed by atoms with Crippen LogP contribution in [0.25, 0.3) is 10.9 Å². The number of carbonyl (C=O) groups is 1. The van der Waals surface area contributed by atoms with Crippen molar-refractivity contribution in [2.24, 2.45) is 11.8 Å². The van der Waals surface area contributed by atoms with E-state index in [2.05, 4.69) is 34.6 Å². The summed E-state index contributed by atoms with van der Waals surface area (Å²) in [7, 11) is 0. The molecular weight excluding hydrogens is 300 g/mol. The van der Waals surface area contributed by atoms with Crippen LogP contribution in [0.5, 0.6) is 0 Å². The van der Waals surface area contributed by atoms with Gasteiger partial charge in [-0.15, -0.1) is 0 Å². The Morgan fingerprint density at radius 1 is 1.17 bits per heavy atom. The molecule has 1 amide bonds. The number of amides is 1. The number of carbonyl (C=O) groups excluding carboxylic acids is 1. The Morgan fingerprint density at radius 2 is 2.00 bits per heavy atom. The summed E-state index contributed by atoms with van der Waals surface area (Å²) in [6.45, 7) is 1.31. The molecule has 4 heteroatoms. The number of aromatic nitrogens is 1. The number of benzene rings is 1. The van der Waals surface area contributed by atoms with Gasteiger partial charge >= 0.3 is 0 Å². The van der Waals surface area contributed by atoms with Gasteiger partial charge in [0.1, 0.15) is 0 Å². The first kappa shape index (κ1) is 15.3. The molecule has 24 heavy (non-hydrogen) atoms. The molecule has 1 aliphatic heterocycles. The van der Waals surface area contributed by atoms with Crippen LogP contribution in [0.1, 0.15) is 18.4 Å². The summed E-state index contributed by atoms with van der Waals surface area (Å²) in [5.74, 6) is 0.585. The quantitative estimate of drug-likeness (QED) is 0.881. The third-order valence-corrected chi connectivity index (χ3v) is 5.13. The van der Waals surface area contributed by atoms with Gasteiger partial charge in [-0.05, 0) is 37.0 Å². The SMILES string of the molecule is O=C(NC1COCC1Cc1ccnc2ccccc12)C1CC=CC1. The van der Waals surface area contributed by atoms with Gasteiger partial charge in [0.25, 0.3) is 0 Å². The number of nitrogens with zero attached hydrogens (tertiary/aromatic N) is 1. The molecule has 2 unspecified atom stereocenters. The number of fused-ring (bicyclic) bond motifs is 1. The first-order valence-corrected chi connectivity index (χ1v) is 8.67. The topological polar surface area (TPSA) is 51.2 Å². The minimum absolute atomic E-state index is 0.102. The lowest BCUT2D eigenvalue weighted by atomic mass is 9.92. The summed E-state index contributed by atoms with van der Waals surface area (Å²) < 4.78 is 5.67. The van der Waals surface area contributed by atoms with Gasteiger partial charge in [0.2, 0.25) is 5.91 Å². The van der Waals surface area contributed by atoms with E-state index >= 15 is 0 Å².